The van der Waals surface area contributed by atoms with Gasteiger partial charge in [0.25, 0.3) is 0 Å². The van der Waals surface area contributed by atoms with E-state index in [1.165, 1.54) is 0 Å². The number of likely N-dealkylation sites (tertiary alicyclic amines) is 1. The van der Waals surface area contributed by atoms with E-state index in [0.717, 1.165) is 19.4 Å². The van der Waals surface area contributed by atoms with Gasteiger partial charge in [0.1, 0.15) is 5.60 Å². The standard InChI is InChI=1S/C11H20N2O2/c1-11(2,3)15-10(14)13-6-7-4-8(13)5-9(7)12/h7-9H,4-6,12H2,1-3H3/t7-,8?,9-/m0/s1. The van der Waals surface area contributed by atoms with Crippen molar-refractivity contribution in [2.45, 2.75) is 51.3 Å². The minimum atomic E-state index is -0.402. The maximum atomic E-state index is 11.8. The number of nitrogens with two attached hydrogens (primary N) is 1. The van der Waals surface area contributed by atoms with Gasteiger partial charge in [-0.25, -0.2) is 4.79 Å². The van der Waals surface area contributed by atoms with Crippen molar-refractivity contribution in [2.75, 3.05) is 6.54 Å². The number of rotatable bonds is 0. The molecule has 0 aromatic rings. The van der Waals surface area contributed by atoms with Gasteiger partial charge in [-0.15, -0.1) is 0 Å². The molecule has 2 fully saturated rings. The van der Waals surface area contributed by atoms with Crippen molar-refractivity contribution in [3.8, 4) is 0 Å². The quantitative estimate of drug-likeness (QED) is 0.659. The monoisotopic (exact) mass is 212 g/mol. The predicted octanol–water partition coefficient (Wildman–Crippen LogP) is 1.34. The van der Waals surface area contributed by atoms with Gasteiger partial charge >= 0.3 is 6.09 Å². The molecule has 4 nitrogen and oxygen atoms in total. The average molecular weight is 212 g/mol. The van der Waals surface area contributed by atoms with Crippen LogP contribution in [0.25, 0.3) is 0 Å². The molecule has 0 radical (unpaired) electrons. The summed E-state index contributed by atoms with van der Waals surface area (Å²) >= 11 is 0. The molecule has 15 heavy (non-hydrogen) atoms. The highest BCUT2D eigenvalue weighted by molar-refractivity contribution is 5.69. The molecule has 1 heterocycles. The Kier molecular flexibility index (Phi) is 2.41. The lowest BCUT2D eigenvalue weighted by molar-refractivity contribution is 0.0183. The van der Waals surface area contributed by atoms with E-state index in [0.29, 0.717) is 12.0 Å². The van der Waals surface area contributed by atoms with Crippen molar-refractivity contribution in [3.63, 3.8) is 0 Å². The third-order valence-electron chi connectivity index (χ3n) is 3.22. The van der Waals surface area contributed by atoms with E-state index in [4.69, 9.17) is 10.5 Å². The van der Waals surface area contributed by atoms with Crippen LogP contribution in [0.15, 0.2) is 0 Å². The number of carbonyl (C=O) groups excluding carboxylic acids is 1. The number of piperidine rings is 1. The first-order chi connectivity index (χ1) is 6.87. The molecule has 86 valence electrons. The van der Waals surface area contributed by atoms with E-state index in [9.17, 15) is 4.79 Å². The van der Waals surface area contributed by atoms with Crippen molar-refractivity contribution >= 4 is 6.09 Å². The van der Waals surface area contributed by atoms with Gasteiger partial charge in [-0.1, -0.05) is 0 Å². The minimum Gasteiger partial charge on any atom is -0.444 e. The second-order valence-corrected chi connectivity index (χ2v) is 5.68. The molecule has 1 aliphatic heterocycles. The molecule has 1 saturated carbocycles. The zero-order chi connectivity index (χ0) is 11.2. The summed E-state index contributed by atoms with van der Waals surface area (Å²) in [4.78, 5) is 13.7. The smallest absolute Gasteiger partial charge is 0.410 e. The maximum Gasteiger partial charge on any atom is 0.410 e. The summed E-state index contributed by atoms with van der Waals surface area (Å²) in [5.74, 6) is 0.488. The fourth-order valence-corrected chi connectivity index (χ4v) is 2.54. The Labute approximate surface area is 90.8 Å². The first kappa shape index (κ1) is 10.7. The summed E-state index contributed by atoms with van der Waals surface area (Å²) < 4.78 is 5.36. The Morgan fingerprint density at radius 3 is 2.47 bits per heavy atom. The van der Waals surface area contributed by atoms with Gasteiger partial charge < -0.3 is 15.4 Å². The summed E-state index contributed by atoms with van der Waals surface area (Å²) in [6, 6.07) is 0.605. The first-order valence-corrected chi connectivity index (χ1v) is 5.62. The Bertz CT molecular complexity index is 270. The molecule has 1 amide bonds. The molecule has 0 aromatic carbocycles. The van der Waals surface area contributed by atoms with Gasteiger partial charge in [0.05, 0.1) is 0 Å². The highest BCUT2D eigenvalue weighted by Crippen LogP contribution is 2.37. The first-order valence-electron chi connectivity index (χ1n) is 5.62. The molecule has 1 saturated heterocycles. The molecule has 3 atom stereocenters. The molecular formula is C11H20N2O2. The largest absolute Gasteiger partial charge is 0.444 e. The van der Waals surface area contributed by atoms with Crippen molar-refractivity contribution < 1.29 is 9.53 Å². The summed E-state index contributed by atoms with van der Waals surface area (Å²) in [6.45, 7) is 6.46. The molecule has 1 aliphatic carbocycles. The summed E-state index contributed by atoms with van der Waals surface area (Å²) in [7, 11) is 0. The van der Waals surface area contributed by atoms with Crippen molar-refractivity contribution in [3.05, 3.63) is 0 Å². The zero-order valence-corrected chi connectivity index (χ0v) is 9.69. The van der Waals surface area contributed by atoms with Crippen LogP contribution in [0, 0.1) is 5.92 Å². The van der Waals surface area contributed by atoms with Crippen LogP contribution < -0.4 is 5.73 Å². The highest BCUT2D eigenvalue weighted by atomic mass is 16.6. The Hall–Kier alpha value is -0.770. The third-order valence-corrected chi connectivity index (χ3v) is 3.22. The number of amides is 1. The molecule has 2 N–H and O–H groups in total. The van der Waals surface area contributed by atoms with Crippen molar-refractivity contribution in [1.82, 2.24) is 4.90 Å². The van der Waals surface area contributed by atoms with Crippen LogP contribution in [-0.4, -0.2) is 35.2 Å². The van der Waals surface area contributed by atoms with E-state index in [1.54, 1.807) is 0 Å². The van der Waals surface area contributed by atoms with Gasteiger partial charge in [0.15, 0.2) is 0 Å². The number of ether oxygens (including phenoxy) is 1. The lowest BCUT2D eigenvalue weighted by Crippen LogP contribution is -2.46. The summed E-state index contributed by atoms with van der Waals surface area (Å²) in [6.07, 6.45) is 1.81. The molecule has 2 bridgehead atoms. The third kappa shape index (κ3) is 2.09. The summed E-state index contributed by atoms with van der Waals surface area (Å²) in [5.41, 5.74) is 5.53. The zero-order valence-electron chi connectivity index (χ0n) is 9.69. The Morgan fingerprint density at radius 1 is 1.40 bits per heavy atom. The lowest BCUT2D eigenvalue weighted by atomic mass is 10.0. The molecule has 0 aromatic heterocycles. The number of nitrogens with zero attached hydrogens (tertiary/aromatic N) is 1. The van der Waals surface area contributed by atoms with E-state index >= 15 is 0 Å². The number of hydrogen-bond donors (Lipinski definition) is 1. The van der Waals surface area contributed by atoms with Crippen LogP contribution in [0.5, 0.6) is 0 Å². The van der Waals surface area contributed by atoms with Crippen LogP contribution in [0.1, 0.15) is 33.6 Å². The second kappa shape index (κ2) is 3.37. The Balaban J connectivity index is 1.94. The summed E-state index contributed by atoms with van der Waals surface area (Å²) in [5, 5.41) is 0. The van der Waals surface area contributed by atoms with Crippen LogP contribution in [0.3, 0.4) is 0 Å². The molecule has 0 spiro atoms. The van der Waals surface area contributed by atoms with E-state index in [-0.39, 0.29) is 12.1 Å². The predicted molar refractivity (Wildman–Crippen MR) is 57.4 cm³/mol. The van der Waals surface area contributed by atoms with Crippen LogP contribution in [0.4, 0.5) is 4.79 Å². The van der Waals surface area contributed by atoms with Crippen LogP contribution in [0.2, 0.25) is 0 Å². The molecule has 2 aliphatic rings. The van der Waals surface area contributed by atoms with Crippen molar-refractivity contribution in [2.24, 2.45) is 11.7 Å². The SMILES string of the molecule is CC(C)(C)OC(=O)N1C[C@@H]2CC1C[C@@H]2N. The lowest BCUT2D eigenvalue weighted by Gasteiger charge is -2.31. The fraction of sp³-hybridized carbons (Fsp3) is 0.909. The number of fused-ring (bicyclic) bond motifs is 2. The Morgan fingerprint density at radius 2 is 2.07 bits per heavy atom. The molecule has 2 rings (SSSR count). The van der Waals surface area contributed by atoms with Crippen molar-refractivity contribution in [1.29, 1.82) is 0 Å². The average Bonchev–Trinajstić information content (AvgIpc) is 2.58. The molecule has 1 unspecified atom stereocenters. The van der Waals surface area contributed by atoms with E-state index in [2.05, 4.69) is 0 Å². The van der Waals surface area contributed by atoms with Crippen LogP contribution >= 0.6 is 0 Å². The van der Waals surface area contributed by atoms with Gasteiger partial charge in [0.2, 0.25) is 0 Å². The van der Waals surface area contributed by atoms with Gasteiger partial charge in [0, 0.05) is 18.6 Å². The molecule has 4 heteroatoms. The van der Waals surface area contributed by atoms with E-state index in [1.807, 2.05) is 25.7 Å². The topological polar surface area (TPSA) is 55.6 Å². The number of carbonyl (C=O) groups is 1. The second-order valence-electron chi connectivity index (χ2n) is 5.68. The minimum absolute atomic E-state index is 0.179. The van der Waals surface area contributed by atoms with E-state index < -0.39 is 5.60 Å². The highest BCUT2D eigenvalue weighted by Gasteiger charge is 2.46. The van der Waals surface area contributed by atoms with Crippen LogP contribution in [-0.2, 0) is 4.74 Å². The number of hydrogen-bond acceptors (Lipinski definition) is 3. The normalized spacial score (nSPS) is 34.7. The maximum absolute atomic E-state index is 11.8. The van der Waals surface area contributed by atoms with Gasteiger partial charge in [-0.2, -0.15) is 0 Å². The molecular weight excluding hydrogens is 192 g/mol. The van der Waals surface area contributed by atoms with Gasteiger partial charge in [-0.3, -0.25) is 0 Å². The fourth-order valence-electron chi connectivity index (χ4n) is 2.54. The van der Waals surface area contributed by atoms with Gasteiger partial charge in [-0.05, 0) is 39.5 Å².